The van der Waals surface area contributed by atoms with E-state index in [4.69, 9.17) is 4.74 Å². The Hall–Kier alpha value is -2.86. The second-order valence-corrected chi connectivity index (χ2v) is 5.98. The summed E-state index contributed by atoms with van der Waals surface area (Å²) < 4.78 is 5.51. The van der Waals surface area contributed by atoms with Crippen molar-refractivity contribution in [1.29, 1.82) is 0 Å². The summed E-state index contributed by atoms with van der Waals surface area (Å²) in [7, 11) is 0. The standard InChI is InChI=1S/C19H21N3O3/c1-12-5-3-4-6-18(12)25-11-17(23)19(24)20-10-14-7-8-15-16(9-14)22-13(2)21-15/h3-9,17,23H,10-11H2,1-2H3,(H,20,24)(H,21,22)/t17-/m0/s1. The Morgan fingerprint density at radius 2 is 2.08 bits per heavy atom. The molecule has 1 heterocycles. The molecule has 0 bridgehead atoms. The largest absolute Gasteiger partial charge is 0.490 e. The number of carbonyl (C=O) groups is 1. The van der Waals surface area contributed by atoms with E-state index in [2.05, 4.69) is 15.3 Å². The van der Waals surface area contributed by atoms with Gasteiger partial charge in [0.1, 0.15) is 18.2 Å². The second kappa shape index (κ2) is 7.36. The van der Waals surface area contributed by atoms with Gasteiger partial charge in [0.25, 0.3) is 5.91 Å². The molecule has 0 saturated carbocycles. The Bertz CT molecular complexity index is 889. The van der Waals surface area contributed by atoms with Crippen LogP contribution in [0.4, 0.5) is 0 Å². The van der Waals surface area contributed by atoms with E-state index >= 15 is 0 Å². The summed E-state index contributed by atoms with van der Waals surface area (Å²) in [4.78, 5) is 19.5. The van der Waals surface area contributed by atoms with Crippen molar-refractivity contribution >= 4 is 16.9 Å². The van der Waals surface area contributed by atoms with E-state index in [-0.39, 0.29) is 6.61 Å². The van der Waals surface area contributed by atoms with Crippen LogP contribution in [0, 0.1) is 13.8 Å². The van der Waals surface area contributed by atoms with E-state index < -0.39 is 12.0 Å². The van der Waals surface area contributed by atoms with Gasteiger partial charge in [-0.25, -0.2) is 4.98 Å². The number of amides is 1. The van der Waals surface area contributed by atoms with Gasteiger partial charge in [0.2, 0.25) is 0 Å². The molecule has 1 aromatic heterocycles. The molecule has 3 N–H and O–H groups in total. The summed E-state index contributed by atoms with van der Waals surface area (Å²) in [5.41, 5.74) is 3.70. The van der Waals surface area contributed by atoms with Crippen molar-refractivity contribution in [3.63, 3.8) is 0 Å². The van der Waals surface area contributed by atoms with E-state index in [0.29, 0.717) is 12.3 Å². The maximum Gasteiger partial charge on any atom is 0.252 e. The van der Waals surface area contributed by atoms with Gasteiger partial charge in [-0.2, -0.15) is 0 Å². The fraction of sp³-hybridized carbons (Fsp3) is 0.263. The number of nitrogens with one attached hydrogen (secondary N) is 2. The quantitative estimate of drug-likeness (QED) is 0.643. The molecule has 2 aromatic carbocycles. The first-order valence-corrected chi connectivity index (χ1v) is 8.12. The fourth-order valence-electron chi connectivity index (χ4n) is 2.56. The monoisotopic (exact) mass is 339 g/mol. The third-order valence-electron chi connectivity index (χ3n) is 3.92. The van der Waals surface area contributed by atoms with Crippen molar-refractivity contribution in [2.45, 2.75) is 26.5 Å². The molecule has 3 rings (SSSR count). The SMILES string of the molecule is Cc1nc2ccc(CNC(=O)[C@@H](O)COc3ccccc3C)cc2[nH]1. The molecule has 0 saturated heterocycles. The van der Waals surface area contributed by atoms with Crippen molar-refractivity contribution in [2.24, 2.45) is 0 Å². The number of benzene rings is 2. The minimum Gasteiger partial charge on any atom is -0.490 e. The minimum atomic E-state index is -1.22. The number of aromatic amines is 1. The van der Waals surface area contributed by atoms with Crippen molar-refractivity contribution in [3.05, 3.63) is 59.4 Å². The van der Waals surface area contributed by atoms with Gasteiger partial charge in [0, 0.05) is 6.54 Å². The Kier molecular flexibility index (Phi) is 5.00. The number of aliphatic hydroxyl groups is 1. The highest BCUT2D eigenvalue weighted by Gasteiger charge is 2.16. The summed E-state index contributed by atoms with van der Waals surface area (Å²) in [5.74, 6) is 1.05. The molecule has 6 heteroatoms. The maximum atomic E-state index is 12.0. The molecule has 0 spiro atoms. The van der Waals surface area contributed by atoms with Gasteiger partial charge in [-0.05, 0) is 43.2 Å². The third-order valence-corrected chi connectivity index (χ3v) is 3.92. The lowest BCUT2D eigenvalue weighted by molar-refractivity contribution is -0.130. The van der Waals surface area contributed by atoms with Crippen molar-refractivity contribution < 1.29 is 14.6 Å². The van der Waals surface area contributed by atoms with Crippen LogP contribution in [0.2, 0.25) is 0 Å². The number of aromatic nitrogens is 2. The summed E-state index contributed by atoms with van der Waals surface area (Å²) in [6, 6.07) is 13.2. The number of hydrogen-bond donors (Lipinski definition) is 3. The highest BCUT2D eigenvalue weighted by molar-refractivity contribution is 5.81. The molecule has 130 valence electrons. The molecule has 0 aliphatic rings. The van der Waals surface area contributed by atoms with E-state index in [1.807, 2.05) is 56.3 Å². The first-order chi connectivity index (χ1) is 12.0. The maximum absolute atomic E-state index is 12.0. The zero-order valence-electron chi connectivity index (χ0n) is 14.2. The molecule has 0 fully saturated rings. The highest BCUT2D eigenvalue weighted by atomic mass is 16.5. The molecule has 6 nitrogen and oxygen atoms in total. The first kappa shape index (κ1) is 17.0. The number of H-pyrrole nitrogens is 1. The molecule has 25 heavy (non-hydrogen) atoms. The molecule has 0 radical (unpaired) electrons. The lowest BCUT2D eigenvalue weighted by atomic mass is 10.2. The zero-order valence-corrected chi connectivity index (χ0v) is 14.2. The van der Waals surface area contributed by atoms with E-state index in [1.165, 1.54) is 0 Å². The Morgan fingerprint density at radius 1 is 1.28 bits per heavy atom. The average Bonchev–Trinajstić information content (AvgIpc) is 2.97. The Balaban J connectivity index is 1.53. The molecule has 1 amide bonds. The lowest BCUT2D eigenvalue weighted by Crippen LogP contribution is -2.37. The number of fused-ring (bicyclic) bond motifs is 1. The lowest BCUT2D eigenvalue weighted by Gasteiger charge is -2.14. The van der Waals surface area contributed by atoms with Crippen LogP contribution in [0.15, 0.2) is 42.5 Å². The van der Waals surface area contributed by atoms with Crippen LogP contribution in [-0.2, 0) is 11.3 Å². The molecule has 0 unspecified atom stereocenters. The smallest absolute Gasteiger partial charge is 0.252 e. The van der Waals surface area contributed by atoms with Gasteiger partial charge in [-0.15, -0.1) is 0 Å². The topological polar surface area (TPSA) is 87.2 Å². The number of nitrogens with zero attached hydrogens (tertiary/aromatic N) is 1. The number of carbonyl (C=O) groups excluding carboxylic acids is 1. The average molecular weight is 339 g/mol. The molecule has 1 atom stereocenters. The van der Waals surface area contributed by atoms with Crippen LogP contribution >= 0.6 is 0 Å². The minimum absolute atomic E-state index is 0.0878. The second-order valence-electron chi connectivity index (χ2n) is 5.98. The predicted octanol–water partition coefficient (Wildman–Crippen LogP) is 2.24. The number of imidazole rings is 1. The summed E-state index contributed by atoms with van der Waals surface area (Å²) in [5, 5.41) is 12.7. The Labute approximate surface area is 145 Å². The van der Waals surface area contributed by atoms with E-state index in [1.54, 1.807) is 0 Å². The van der Waals surface area contributed by atoms with Crippen molar-refractivity contribution in [1.82, 2.24) is 15.3 Å². The summed E-state index contributed by atoms with van der Waals surface area (Å²) in [6.07, 6.45) is -1.22. The van der Waals surface area contributed by atoms with Gasteiger partial charge in [-0.3, -0.25) is 4.79 Å². The van der Waals surface area contributed by atoms with Crippen LogP contribution in [0.5, 0.6) is 5.75 Å². The fourth-order valence-corrected chi connectivity index (χ4v) is 2.56. The predicted molar refractivity (Wildman–Crippen MR) is 95.4 cm³/mol. The first-order valence-electron chi connectivity index (χ1n) is 8.12. The van der Waals surface area contributed by atoms with Crippen LogP contribution < -0.4 is 10.1 Å². The Morgan fingerprint density at radius 3 is 2.88 bits per heavy atom. The normalized spacial score (nSPS) is 12.1. The summed E-state index contributed by atoms with van der Waals surface area (Å²) >= 11 is 0. The van der Waals surface area contributed by atoms with Crippen LogP contribution in [0.3, 0.4) is 0 Å². The number of aliphatic hydroxyl groups excluding tert-OH is 1. The van der Waals surface area contributed by atoms with Gasteiger partial charge in [-0.1, -0.05) is 24.3 Å². The van der Waals surface area contributed by atoms with Crippen LogP contribution in [0.1, 0.15) is 17.0 Å². The number of aryl methyl sites for hydroxylation is 2. The van der Waals surface area contributed by atoms with Gasteiger partial charge >= 0.3 is 0 Å². The number of rotatable bonds is 6. The number of hydrogen-bond acceptors (Lipinski definition) is 4. The van der Waals surface area contributed by atoms with E-state index in [0.717, 1.165) is 28.0 Å². The molecule has 0 aliphatic heterocycles. The van der Waals surface area contributed by atoms with Gasteiger partial charge < -0.3 is 20.1 Å². The van der Waals surface area contributed by atoms with Crippen molar-refractivity contribution in [3.8, 4) is 5.75 Å². The highest BCUT2D eigenvalue weighted by Crippen LogP contribution is 2.16. The van der Waals surface area contributed by atoms with Crippen LogP contribution in [-0.4, -0.2) is 33.7 Å². The molecular weight excluding hydrogens is 318 g/mol. The molecule has 0 aliphatic carbocycles. The molecular formula is C19H21N3O3. The molecule has 3 aromatic rings. The third kappa shape index (κ3) is 4.16. The van der Waals surface area contributed by atoms with Crippen LogP contribution in [0.25, 0.3) is 11.0 Å². The zero-order chi connectivity index (χ0) is 17.8. The van der Waals surface area contributed by atoms with E-state index in [9.17, 15) is 9.90 Å². The summed E-state index contributed by atoms with van der Waals surface area (Å²) in [6.45, 7) is 4.05. The van der Waals surface area contributed by atoms with Gasteiger partial charge in [0.05, 0.1) is 11.0 Å². The van der Waals surface area contributed by atoms with Gasteiger partial charge in [0.15, 0.2) is 6.10 Å². The van der Waals surface area contributed by atoms with Crippen molar-refractivity contribution in [2.75, 3.05) is 6.61 Å². The number of ether oxygens (including phenoxy) is 1. The number of para-hydroxylation sites is 1.